The summed E-state index contributed by atoms with van der Waals surface area (Å²) in [6.45, 7) is 4.67. The molecule has 5 heteroatoms. The van der Waals surface area contributed by atoms with Crippen molar-refractivity contribution in [3.8, 4) is 0 Å². The Morgan fingerprint density at radius 1 is 1.53 bits per heavy atom. The molecule has 0 aliphatic carbocycles. The maximum Gasteiger partial charge on any atom is 0.339 e. The summed E-state index contributed by atoms with van der Waals surface area (Å²) in [6, 6.07) is 5.09. The third-order valence-electron chi connectivity index (χ3n) is 2.11. The fourth-order valence-electron chi connectivity index (χ4n) is 1.27. The number of hydrogen-bond acceptors (Lipinski definition) is 4. The Labute approximate surface area is 109 Å². The Morgan fingerprint density at radius 2 is 2.24 bits per heavy atom. The highest BCUT2D eigenvalue weighted by molar-refractivity contribution is 9.10. The Bertz CT molecular complexity index is 395. The first kappa shape index (κ1) is 14.0. The molecular weight excluding hydrogens is 286 g/mol. The van der Waals surface area contributed by atoms with Crippen molar-refractivity contribution in [2.75, 3.05) is 18.9 Å². The lowest BCUT2D eigenvalue weighted by atomic mass is 10.2. The third-order valence-corrected chi connectivity index (χ3v) is 3.00. The summed E-state index contributed by atoms with van der Waals surface area (Å²) in [5.74, 6) is -0.406. The van der Waals surface area contributed by atoms with Crippen LogP contribution in [-0.4, -0.2) is 25.3 Å². The minimum Gasteiger partial charge on any atom is -0.457 e. The molecule has 4 nitrogen and oxygen atoms in total. The van der Waals surface area contributed by atoms with Gasteiger partial charge in [-0.1, -0.05) is 6.07 Å². The van der Waals surface area contributed by atoms with Gasteiger partial charge in [0.15, 0.2) is 0 Å². The molecule has 0 spiro atoms. The molecule has 0 heterocycles. The van der Waals surface area contributed by atoms with Gasteiger partial charge in [0.05, 0.1) is 16.6 Å². The van der Waals surface area contributed by atoms with E-state index in [1.165, 1.54) is 0 Å². The van der Waals surface area contributed by atoms with Crippen LogP contribution in [0.3, 0.4) is 0 Å². The van der Waals surface area contributed by atoms with Crippen LogP contribution in [0.4, 0.5) is 5.69 Å². The second-order valence-electron chi connectivity index (χ2n) is 3.58. The van der Waals surface area contributed by atoms with Gasteiger partial charge in [-0.25, -0.2) is 4.79 Å². The van der Waals surface area contributed by atoms with Crippen molar-refractivity contribution in [2.45, 2.75) is 20.0 Å². The van der Waals surface area contributed by atoms with Gasteiger partial charge in [-0.2, -0.15) is 0 Å². The lowest BCUT2D eigenvalue weighted by Crippen LogP contribution is -2.20. The zero-order valence-electron chi connectivity index (χ0n) is 9.90. The first-order valence-corrected chi connectivity index (χ1v) is 6.18. The number of benzene rings is 1. The second-order valence-corrected chi connectivity index (χ2v) is 4.38. The van der Waals surface area contributed by atoms with Crippen LogP contribution in [-0.2, 0) is 9.47 Å². The van der Waals surface area contributed by atoms with Crippen LogP contribution in [0.25, 0.3) is 0 Å². The topological polar surface area (TPSA) is 61.5 Å². The van der Waals surface area contributed by atoms with Gasteiger partial charge in [-0.05, 0) is 41.9 Å². The number of carbonyl (C=O) groups excluding carboxylic acids is 1. The molecule has 1 aromatic carbocycles. The van der Waals surface area contributed by atoms with Gasteiger partial charge in [0.1, 0.15) is 6.10 Å². The summed E-state index contributed by atoms with van der Waals surface area (Å²) < 4.78 is 11.0. The van der Waals surface area contributed by atoms with Crippen molar-refractivity contribution in [3.05, 3.63) is 28.2 Å². The standard InChI is InChI=1S/C12H16BrNO3/c1-3-16-7-8(2)17-12(15)9-5-4-6-10(14)11(9)13/h4-6,8H,3,7,14H2,1-2H3. The number of ether oxygens (including phenoxy) is 2. The lowest BCUT2D eigenvalue weighted by Gasteiger charge is -2.14. The van der Waals surface area contributed by atoms with E-state index in [0.717, 1.165) is 0 Å². The summed E-state index contributed by atoms with van der Waals surface area (Å²) in [5.41, 5.74) is 6.63. The summed E-state index contributed by atoms with van der Waals surface area (Å²) in [5, 5.41) is 0. The highest BCUT2D eigenvalue weighted by Crippen LogP contribution is 2.24. The predicted octanol–water partition coefficient (Wildman–Crippen LogP) is 2.61. The Hall–Kier alpha value is -1.07. The predicted molar refractivity (Wildman–Crippen MR) is 69.9 cm³/mol. The normalized spacial score (nSPS) is 12.2. The molecule has 1 unspecified atom stereocenters. The van der Waals surface area contributed by atoms with Gasteiger partial charge < -0.3 is 15.2 Å². The number of carbonyl (C=O) groups is 1. The molecule has 1 atom stereocenters. The molecule has 0 aliphatic rings. The van der Waals surface area contributed by atoms with E-state index in [-0.39, 0.29) is 6.10 Å². The molecule has 0 bridgehead atoms. The summed E-state index contributed by atoms with van der Waals surface area (Å²) >= 11 is 3.27. The van der Waals surface area contributed by atoms with E-state index in [0.29, 0.717) is 28.9 Å². The van der Waals surface area contributed by atoms with Crippen molar-refractivity contribution < 1.29 is 14.3 Å². The molecule has 0 radical (unpaired) electrons. The maximum absolute atomic E-state index is 11.8. The van der Waals surface area contributed by atoms with Crippen molar-refractivity contribution in [2.24, 2.45) is 0 Å². The molecule has 0 aliphatic heterocycles. The highest BCUT2D eigenvalue weighted by Gasteiger charge is 2.16. The number of nitrogens with two attached hydrogens (primary N) is 1. The maximum atomic E-state index is 11.8. The van der Waals surface area contributed by atoms with Gasteiger partial charge >= 0.3 is 5.97 Å². The van der Waals surface area contributed by atoms with Gasteiger partial charge in [0.2, 0.25) is 0 Å². The number of esters is 1. The first-order chi connectivity index (χ1) is 8.06. The molecule has 94 valence electrons. The fraction of sp³-hybridized carbons (Fsp3) is 0.417. The van der Waals surface area contributed by atoms with Gasteiger partial charge in [0.25, 0.3) is 0 Å². The Balaban J connectivity index is 2.67. The van der Waals surface area contributed by atoms with Crippen molar-refractivity contribution in [1.29, 1.82) is 0 Å². The Kier molecular flexibility index (Phi) is 5.44. The smallest absolute Gasteiger partial charge is 0.339 e. The zero-order chi connectivity index (χ0) is 12.8. The summed E-state index contributed by atoms with van der Waals surface area (Å²) in [7, 11) is 0. The summed E-state index contributed by atoms with van der Waals surface area (Å²) in [4.78, 5) is 11.8. The van der Waals surface area contributed by atoms with Crippen LogP contribution in [0.2, 0.25) is 0 Å². The largest absolute Gasteiger partial charge is 0.457 e. The minimum absolute atomic E-state index is 0.282. The average molecular weight is 302 g/mol. The quantitative estimate of drug-likeness (QED) is 0.671. The van der Waals surface area contributed by atoms with Crippen LogP contribution in [0.5, 0.6) is 0 Å². The first-order valence-electron chi connectivity index (χ1n) is 5.39. The molecule has 0 aromatic heterocycles. The lowest BCUT2D eigenvalue weighted by molar-refractivity contribution is 0.00432. The van der Waals surface area contributed by atoms with Crippen LogP contribution >= 0.6 is 15.9 Å². The molecule has 1 aromatic rings. The Morgan fingerprint density at radius 3 is 2.88 bits per heavy atom. The average Bonchev–Trinajstić information content (AvgIpc) is 2.29. The number of nitrogen functional groups attached to an aromatic ring is 1. The second kappa shape index (κ2) is 6.61. The van der Waals surface area contributed by atoms with E-state index in [1.54, 1.807) is 25.1 Å². The summed E-state index contributed by atoms with van der Waals surface area (Å²) in [6.07, 6.45) is -0.282. The van der Waals surface area contributed by atoms with Gasteiger partial charge in [-0.3, -0.25) is 0 Å². The minimum atomic E-state index is -0.406. The van der Waals surface area contributed by atoms with E-state index in [9.17, 15) is 4.79 Å². The van der Waals surface area contributed by atoms with Crippen LogP contribution < -0.4 is 5.73 Å². The highest BCUT2D eigenvalue weighted by atomic mass is 79.9. The molecule has 0 saturated carbocycles. The molecule has 1 rings (SSSR count). The van der Waals surface area contributed by atoms with E-state index < -0.39 is 5.97 Å². The van der Waals surface area contributed by atoms with E-state index in [4.69, 9.17) is 15.2 Å². The monoisotopic (exact) mass is 301 g/mol. The number of anilines is 1. The molecule has 17 heavy (non-hydrogen) atoms. The molecular formula is C12H16BrNO3. The van der Waals surface area contributed by atoms with Gasteiger partial charge in [0, 0.05) is 12.3 Å². The van der Waals surface area contributed by atoms with E-state index in [2.05, 4.69) is 15.9 Å². The molecule has 2 N–H and O–H groups in total. The number of rotatable bonds is 5. The number of halogens is 1. The van der Waals surface area contributed by atoms with Crippen LogP contribution in [0.15, 0.2) is 22.7 Å². The van der Waals surface area contributed by atoms with Crippen LogP contribution in [0, 0.1) is 0 Å². The fourth-order valence-corrected chi connectivity index (χ4v) is 1.70. The molecule has 0 fully saturated rings. The molecule has 0 amide bonds. The van der Waals surface area contributed by atoms with E-state index >= 15 is 0 Å². The number of hydrogen-bond donors (Lipinski definition) is 1. The van der Waals surface area contributed by atoms with Crippen molar-refractivity contribution in [1.82, 2.24) is 0 Å². The van der Waals surface area contributed by atoms with Gasteiger partial charge in [-0.15, -0.1) is 0 Å². The van der Waals surface area contributed by atoms with Crippen molar-refractivity contribution >= 4 is 27.6 Å². The van der Waals surface area contributed by atoms with Crippen molar-refractivity contribution in [3.63, 3.8) is 0 Å². The third kappa shape index (κ3) is 4.02. The van der Waals surface area contributed by atoms with Crippen LogP contribution in [0.1, 0.15) is 24.2 Å². The zero-order valence-corrected chi connectivity index (χ0v) is 11.5. The SMILES string of the molecule is CCOCC(C)OC(=O)c1cccc(N)c1Br. The molecule has 0 saturated heterocycles. The van der Waals surface area contributed by atoms with E-state index in [1.807, 2.05) is 6.92 Å².